The summed E-state index contributed by atoms with van der Waals surface area (Å²) in [6.45, 7) is 2.70. The summed E-state index contributed by atoms with van der Waals surface area (Å²) < 4.78 is 15.9. The Balaban J connectivity index is 1.63. The molecule has 1 heterocycles. The van der Waals surface area contributed by atoms with Crippen LogP contribution in [0, 0.1) is 0 Å². The molecular formula is C17H16N2O4. The van der Waals surface area contributed by atoms with Gasteiger partial charge in [-0.1, -0.05) is 12.1 Å². The van der Waals surface area contributed by atoms with E-state index in [4.69, 9.17) is 14.2 Å². The van der Waals surface area contributed by atoms with E-state index < -0.39 is 0 Å². The minimum atomic E-state index is -0.319. The van der Waals surface area contributed by atoms with Gasteiger partial charge in [0.1, 0.15) is 5.75 Å². The van der Waals surface area contributed by atoms with E-state index in [0.29, 0.717) is 23.7 Å². The summed E-state index contributed by atoms with van der Waals surface area (Å²) in [5, 5.41) is 3.96. The fourth-order valence-electron chi connectivity index (χ4n) is 2.12. The number of fused-ring (bicyclic) bond motifs is 1. The lowest BCUT2D eigenvalue weighted by Gasteiger charge is -2.03. The molecule has 0 fully saturated rings. The summed E-state index contributed by atoms with van der Waals surface area (Å²) in [5.74, 6) is 1.64. The minimum Gasteiger partial charge on any atom is -0.494 e. The second-order valence-corrected chi connectivity index (χ2v) is 4.77. The highest BCUT2D eigenvalue weighted by molar-refractivity contribution is 5.95. The lowest BCUT2D eigenvalue weighted by Crippen LogP contribution is -2.17. The molecular weight excluding hydrogens is 296 g/mol. The molecule has 0 atom stereocenters. The maximum absolute atomic E-state index is 12.1. The van der Waals surface area contributed by atoms with Crippen LogP contribution in [0.3, 0.4) is 0 Å². The number of carbonyl (C=O) groups is 1. The van der Waals surface area contributed by atoms with Crippen molar-refractivity contribution in [3.8, 4) is 17.2 Å². The van der Waals surface area contributed by atoms with Crippen LogP contribution >= 0.6 is 0 Å². The number of nitrogens with one attached hydrogen (secondary N) is 1. The van der Waals surface area contributed by atoms with Crippen molar-refractivity contribution < 1.29 is 19.0 Å². The van der Waals surface area contributed by atoms with E-state index in [9.17, 15) is 4.79 Å². The Bertz CT molecular complexity index is 743. The molecule has 0 spiro atoms. The van der Waals surface area contributed by atoms with E-state index in [2.05, 4.69) is 10.5 Å². The Labute approximate surface area is 133 Å². The summed E-state index contributed by atoms with van der Waals surface area (Å²) in [4.78, 5) is 12.1. The van der Waals surface area contributed by atoms with Crippen molar-refractivity contribution in [1.82, 2.24) is 5.43 Å². The SMILES string of the molecule is CCOc1cccc(/C=N\NC(=O)c2ccc3c(c2)OCO3)c1. The van der Waals surface area contributed by atoms with Crippen LogP contribution in [-0.2, 0) is 0 Å². The quantitative estimate of drug-likeness (QED) is 0.680. The van der Waals surface area contributed by atoms with Gasteiger partial charge < -0.3 is 14.2 Å². The Hall–Kier alpha value is -3.02. The zero-order valence-electron chi connectivity index (χ0n) is 12.6. The Morgan fingerprint density at radius 1 is 1.26 bits per heavy atom. The molecule has 0 unspecified atom stereocenters. The number of hydrogen-bond acceptors (Lipinski definition) is 5. The number of benzene rings is 2. The topological polar surface area (TPSA) is 69.2 Å². The smallest absolute Gasteiger partial charge is 0.271 e. The molecule has 6 nitrogen and oxygen atoms in total. The summed E-state index contributed by atoms with van der Waals surface area (Å²) in [7, 11) is 0. The van der Waals surface area contributed by atoms with Crippen LogP contribution in [0.4, 0.5) is 0 Å². The zero-order valence-corrected chi connectivity index (χ0v) is 12.6. The number of amides is 1. The monoisotopic (exact) mass is 312 g/mol. The van der Waals surface area contributed by atoms with E-state index in [0.717, 1.165) is 11.3 Å². The molecule has 0 radical (unpaired) electrons. The molecule has 118 valence electrons. The first-order valence-electron chi connectivity index (χ1n) is 7.22. The lowest BCUT2D eigenvalue weighted by molar-refractivity contribution is 0.0954. The van der Waals surface area contributed by atoms with Crippen LogP contribution in [0.1, 0.15) is 22.8 Å². The van der Waals surface area contributed by atoms with Crippen molar-refractivity contribution in [3.63, 3.8) is 0 Å². The molecule has 0 saturated carbocycles. The van der Waals surface area contributed by atoms with Gasteiger partial charge in [0.05, 0.1) is 12.8 Å². The molecule has 2 aromatic carbocycles. The fraction of sp³-hybridized carbons (Fsp3) is 0.176. The molecule has 1 amide bonds. The highest BCUT2D eigenvalue weighted by Crippen LogP contribution is 2.32. The molecule has 2 aromatic rings. The van der Waals surface area contributed by atoms with E-state index in [1.807, 2.05) is 31.2 Å². The van der Waals surface area contributed by atoms with Crippen LogP contribution in [0.2, 0.25) is 0 Å². The summed E-state index contributed by atoms with van der Waals surface area (Å²) in [5.41, 5.74) is 3.77. The van der Waals surface area contributed by atoms with Crippen LogP contribution < -0.4 is 19.6 Å². The first-order valence-corrected chi connectivity index (χ1v) is 7.22. The average Bonchev–Trinajstić information content (AvgIpc) is 3.03. The maximum atomic E-state index is 12.1. The Morgan fingerprint density at radius 3 is 3.00 bits per heavy atom. The lowest BCUT2D eigenvalue weighted by atomic mass is 10.2. The van der Waals surface area contributed by atoms with Gasteiger partial charge in [0, 0.05) is 5.56 Å². The van der Waals surface area contributed by atoms with Gasteiger partial charge in [-0.05, 0) is 42.8 Å². The van der Waals surface area contributed by atoms with Crippen molar-refractivity contribution in [3.05, 3.63) is 53.6 Å². The molecule has 0 aliphatic carbocycles. The molecule has 1 aliphatic rings. The summed E-state index contributed by atoms with van der Waals surface area (Å²) in [6.07, 6.45) is 1.56. The Morgan fingerprint density at radius 2 is 2.13 bits per heavy atom. The summed E-state index contributed by atoms with van der Waals surface area (Å²) >= 11 is 0. The number of nitrogens with zero attached hydrogens (tertiary/aromatic N) is 1. The van der Waals surface area contributed by atoms with Gasteiger partial charge in [-0.3, -0.25) is 4.79 Å². The first-order chi connectivity index (χ1) is 11.3. The molecule has 23 heavy (non-hydrogen) atoms. The van der Waals surface area contributed by atoms with Gasteiger partial charge >= 0.3 is 0 Å². The molecule has 1 aliphatic heterocycles. The number of carbonyl (C=O) groups excluding carboxylic acids is 1. The minimum absolute atomic E-state index is 0.175. The number of hydrogen-bond donors (Lipinski definition) is 1. The zero-order chi connectivity index (χ0) is 16.1. The van der Waals surface area contributed by atoms with Gasteiger partial charge in [0.15, 0.2) is 11.5 Å². The van der Waals surface area contributed by atoms with Crippen molar-refractivity contribution in [2.24, 2.45) is 5.10 Å². The highest BCUT2D eigenvalue weighted by atomic mass is 16.7. The summed E-state index contributed by atoms with van der Waals surface area (Å²) in [6, 6.07) is 12.4. The van der Waals surface area contributed by atoms with Gasteiger partial charge in [-0.25, -0.2) is 5.43 Å². The van der Waals surface area contributed by atoms with E-state index in [1.54, 1.807) is 24.4 Å². The third-order valence-corrected chi connectivity index (χ3v) is 3.18. The molecule has 1 N–H and O–H groups in total. The van der Waals surface area contributed by atoms with Gasteiger partial charge in [0.25, 0.3) is 5.91 Å². The van der Waals surface area contributed by atoms with E-state index >= 15 is 0 Å². The molecule has 3 rings (SSSR count). The maximum Gasteiger partial charge on any atom is 0.271 e. The third-order valence-electron chi connectivity index (χ3n) is 3.18. The number of rotatable bonds is 5. The average molecular weight is 312 g/mol. The number of ether oxygens (including phenoxy) is 3. The Kier molecular flexibility index (Phi) is 4.42. The van der Waals surface area contributed by atoms with Crippen LogP contribution in [0.15, 0.2) is 47.6 Å². The molecule has 6 heteroatoms. The largest absolute Gasteiger partial charge is 0.494 e. The second-order valence-electron chi connectivity index (χ2n) is 4.77. The van der Waals surface area contributed by atoms with Crippen molar-refractivity contribution in [2.45, 2.75) is 6.92 Å². The fourth-order valence-corrected chi connectivity index (χ4v) is 2.12. The second kappa shape index (κ2) is 6.83. The predicted molar refractivity (Wildman–Crippen MR) is 85.2 cm³/mol. The predicted octanol–water partition coefficient (Wildman–Crippen LogP) is 2.58. The van der Waals surface area contributed by atoms with E-state index in [1.165, 1.54) is 0 Å². The van der Waals surface area contributed by atoms with Crippen molar-refractivity contribution in [1.29, 1.82) is 0 Å². The van der Waals surface area contributed by atoms with Crippen LogP contribution in [0.25, 0.3) is 0 Å². The van der Waals surface area contributed by atoms with Gasteiger partial charge in [-0.2, -0.15) is 5.10 Å². The van der Waals surface area contributed by atoms with Crippen LogP contribution in [0.5, 0.6) is 17.2 Å². The third kappa shape index (κ3) is 3.60. The molecule has 0 aromatic heterocycles. The molecule has 0 saturated heterocycles. The van der Waals surface area contributed by atoms with Crippen molar-refractivity contribution >= 4 is 12.1 Å². The van der Waals surface area contributed by atoms with E-state index in [-0.39, 0.29) is 12.7 Å². The normalized spacial score (nSPS) is 12.4. The van der Waals surface area contributed by atoms with Gasteiger partial charge in [-0.15, -0.1) is 0 Å². The van der Waals surface area contributed by atoms with Gasteiger partial charge in [0.2, 0.25) is 6.79 Å². The van der Waals surface area contributed by atoms with Crippen LogP contribution in [-0.4, -0.2) is 25.5 Å². The first kappa shape index (κ1) is 14.9. The highest BCUT2D eigenvalue weighted by Gasteiger charge is 2.15. The number of hydrazone groups is 1. The van der Waals surface area contributed by atoms with Crippen molar-refractivity contribution in [2.75, 3.05) is 13.4 Å². The molecule has 0 bridgehead atoms. The standard InChI is InChI=1S/C17H16N2O4/c1-2-21-14-5-3-4-12(8-14)10-18-19-17(20)13-6-7-15-16(9-13)23-11-22-15/h3-10H,2,11H2,1H3,(H,19,20)/b18-10-.